The van der Waals surface area contributed by atoms with Crippen LogP contribution >= 0.6 is 23.2 Å². The van der Waals surface area contributed by atoms with Gasteiger partial charge in [0.2, 0.25) is 0 Å². The molecule has 0 fully saturated rings. The number of rotatable bonds is 5. The van der Waals surface area contributed by atoms with Gasteiger partial charge < -0.3 is 15.0 Å². The van der Waals surface area contributed by atoms with E-state index in [0.29, 0.717) is 11.2 Å². The van der Waals surface area contributed by atoms with E-state index in [2.05, 4.69) is 10.3 Å². The number of hydrogen-bond acceptors (Lipinski definition) is 5. The van der Waals surface area contributed by atoms with Gasteiger partial charge in [0.15, 0.2) is 0 Å². The van der Waals surface area contributed by atoms with Crippen LogP contribution in [0.15, 0.2) is 42.5 Å². The number of benzene rings is 2. The third-order valence-electron chi connectivity index (χ3n) is 4.21. The molecule has 1 aromatic heterocycles. The van der Waals surface area contributed by atoms with Gasteiger partial charge in [-0.25, -0.2) is 9.78 Å². The molecule has 0 aliphatic rings. The molecular formula is C21H19Cl2N3O3. The molecule has 1 heterocycles. The van der Waals surface area contributed by atoms with E-state index in [9.17, 15) is 9.59 Å². The lowest BCUT2D eigenvalue weighted by atomic mass is 10.1. The molecule has 0 spiro atoms. The lowest BCUT2D eigenvalue weighted by Gasteiger charge is -2.22. The first-order chi connectivity index (χ1) is 13.8. The Morgan fingerprint density at radius 2 is 1.69 bits per heavy atom. The van der Waals surface area contributed by atoms with Crippen molar-refractivity contribution in [2.45, 2.75) is 6.92 Å². The van der Waals surface area contributed by atoms with E-state index in [1.54, 1.807) is 50.2 Å². The van der Waals surface area contributed by atoms with Crippen LogP contribution in [0.2, 0.25) is 10.0 Å². The van der Waals surface area contributed by atoms with Crippen molar-refractivity contribution >= 4 is 57.5 Å². The number of esters is 1. The third-order valence-corrected chi connectivity index (χ3v) is 4.84. The molecule has 1 amide bonds. The summed E-state index contributed by atoms with van der Waals surface area (Å²) in [5.41, 5.74) is 1.47. The van der Waals surface area contributed by atoms with Gasteiger partial charge in [-0.3, -0.25) is 4.79 Å². The number of halogens is 2. The van der Waals surface area contributed by atoms with Gasteiger partial charge in [0.25, 0.3) is 5.91 Å². The average molecular weight is 432 g/mol. The van der Waals surface area contributed by atoms with Crippen molar-refractivity contribution in [1.29, 1.82) is 0 Å². The highest BCUT2D eigenvalue weighted by Crippen LogP contribution is 2.35. The van der Waals surface area contributed by atoms with Crippen LogP contribution in [0, 0.1) is 0 Å². The van der Waals surface area contributed by atoms with Crippen LogP contribution < -0.4 is 10.2 Å². The second kappa shape index (κ2) is 8.68. The predicted molar refractivity (Wildman–Crippen MR) is 116 cm³/mol. The molecule has 6 nitrogen and oxygen atoms in total. The molecule has 0 saturated carbocycles. The highest BCUT2D eigenvalue weighted by molar-refractivity contribution is 6.40. The van der Waals surface area contributed by atoms with Crippen molar-refractivity contribution in [1.82, 2.24) is 4.98 Å². The first-order valence-corrected chi connectivity index (χ1v) is 9.63. The zero-order chi connectivity index (χ0) is 21.1. The predicted octanol–water partition coefficient (Wildman–Crippen LogP) is 5.04. The van der Waals surface area contributed by atoms with Crippen LogP contribution in [0.5, 0.6) is 0 Å². The van der Waals surface area contributed by atoms with Crippen molar-refractivity contribution < 1.29 is 14.3 Å². The molecule has 0 unspecified atom stereocenters. The van der Waals surface area contributed by atoms with E-state index in [0.717, 1.165) is 5.39 Å². The lowest BCUT2D eigenvalue weighted by Crippen LogP contribution is -2.22. The summed E-state index contributed by atoms with van der Waals surface area (Å²) in [6.07, 6.45) is 0. The fourth-order valence-electron chi connectivity index (χ4n) is 3.03. The maximum absolute atomic E-state index is 12.9. The monoisotopic (exact) mass is 431 g/mol. The van der Waals surface area contributed by atoms with E-state index >= 15 is 0 Å². The molecule has 2 aromatic carbocycles. The molecule has 29 heavy (non-hydrogen) atoms. The van der Waals surface area contributed by atoms with Crippen molar-refractivity contribution in [2.24, 2.45) is 0 Å². The molecule has 0 aliphatic carbocycles. The highest BCUT2D eigenvalue weighted by Gasteiger charge is 2.26. The van der Waals surface area contributed by atoms with Gasteiger partial charge in [0, 0.05) is 19.5 Å². The van der Waals surface area contributed by atoms with Gasteiger partial charge >= 0.3 is 5.97 Å². The smallest absolute Gasteiger partial charge is 0.344 e. The van der Waals surface area contributed by atoms with Crippen LogP contribution in [0.3, 0.4) is 0 Å². The third kappa shape index (κ3) is 4.13. The molecule has 8 heteroatoms. The van der Waals surface area contributed by atoms with Crippen LogP contribution in [-0.4, -0.2) is 37.6 Å². The number of hydrogen-bond donors (Lipinski definition) is 1. The van der Waals surface area contributed by atoms with Crippen molar-refractivity contribution in [2.75, 3.05) is 30.9 Å². The van der Waals surface area contributed by atoms with E-state index in [4.69, 9.17) is 27.9 Å². The van der Waals surface area contributed by atoms with Crippen molar-refractivity contribution in [3.63, 3.8) is 0 Å². The second-order valence-electron chi connectivity index (χ2n) is 6.37. The van der Waals surface area contributed by atoms with Gasteiger partial charge in [-0.05, 0) is 25.1 Å². The Labute approximate surface area is 178 Å². The SMILES string of the molecule is CCOC(=O)c1c(NC(=O)c2c(Cl)cccc2Cl)nc2ccccc2c1N(C)C. The first-order valence-electron chi connectivity index (χ1n) is 8.87. The summed E-state index contributed by atoms with van der Waals surface area (Å²) in [7, 11) is 3.61. The van der Waals surface area contributed by atoms with Gasteiger partial charge in [-0.2, -0.15) is 0 Å². The molecule has 3 rings (SSSR count). The maximum atomic E-state index is 12.9. The fourth-order valence-corrected chi connectivity index (χ4v) is 3.60. The largest absolute Gasteiger partial charge is 0.462 e. The van der Waals surface area contributed by atoms with Gasteiger partial charge in [-0.15, -0.1) is 0 Å². The van der Waals surface area contributed by atoms with Gasteiger partial charge in [-0.1, -0.05) is 47.5 Å². The summed E-state index contributed by atoms with van der Waals surface area (Å²) in [6.45, 7) is 1.89. The summed E-state index contributed by atoms with van der Waals surface area (Å²) in [5.74, 6) is -1.08. The number of carbonyl (C=O) groups excluding carboxylic acids is 2. The molecule has 1 N–H and O–H groups in total. The molecule has 0 radical (unpaired) electrons. The topological polar surface area (TPSA) is 71.5 Å². The Morgan fingerprint density at radius 3 is 2.31 bits per heavy atom. The fraction of sp³-hybridized carbons (Fsp3) is 0.190. The highest BCUT2D eigenvalue weighted by atomic mass is 35.5. The summed E-state index contributed by atoms with van der Waals surface area (Å²) in [6, 6.07) is 12.1. The first kappa shape index (κ1) is 20.9. The second-order valence-corrected chi connectivity index (χ2v) is 7.18. The minimum Gasteiger partial charge on any atom is -0.462 e. The number of carbonyl (C=O) groups is 2. The van der Waals surface area contributed by atoms with Crippen LogP contribution in [0.1, 0.15) is 27.6 Å². The normalized spacial score (nSPS) is 10.7. The minimum atomic E-state index is -0.588. The molecule has 0 saturated heterocycles. The van der Waals surface area contributed by atoms with Gasteiger partial charge in [0.05, 0.1) is 33.4 Å². The summed E-state index contributed by atoms with van der Waals surface area (Å²) in [5, 5.41) is 3.84. The number of nitrogens with zero attached hydrogens (tertiary/aromatic N) is 2. The standard InChI is InChI=1S/C21H19Cl2N3O3/c1-4-29-21(28)17-18(26(2)3)12-8-5-6-11-15(12)24-19(17)25-20(27)16-13(22)9-7-10-14(16)23/h5-11H,4H2,1-3H3,(H,24,25,27). The summed E-state index contributed by atoms with van der Waals surface area (Å²) >= 11 is 12.3. The summed E-state index contributed by atoms with van der Waals surface area (Å²) in [4.78, 5) is 32.0. The zero-order valence-electron chi connectivity index (χ0n) is 16.1. The van der Waals surface area contributed by atoms with Crippen LogP contribution in [0.25, 0.3) is 10.9 Å². The van der Waals surface area contributed by atoms with Crippen LogP contribution in [-0.2, 0) is 4.74 Å². The van der Waals surface area contributed by atoms with E-state index in [-0.39, 0.29) is 33.6 Å². The Balaban J connectivity index is 2.22. The van der Waals surface area contributed by atoms with E-state index < -0.39 is 11.9 Å². The number of amides is 1. The average Bonchev–Trinajstić information content (AvgIpc) is 2.66. The molecule has 0 aliphatic heterocycles. The molecule has 3 aromatic rings. The number of ether oxygens (including phenoxy) is 1. The Kier molecular flexibility index (Phi) is 6.25. The number of nitrogens with one attached hydrogen (secondary N) is 1. The molecule has 0 atom stereocenters. The zero-order valence-corrected chi connectivity index (χ0v) is 17.6. The maximum Gasteiger partial charge on any atom is 0.344 e. The number of anilines is 2. The summed E-state index contributed by atoms with van der Waals surface area (Å²) < 4.78 is 5.23. The van der Waals surface area contributed by atoms with Crippen molar-refractivity contribution in [3.8, 4) is 0 Å². The Hall–Kier alpha value is -2.83. The number of para-hydroxylation sites is 1. The van der Waals surface area contributed by atoms with Crippen LogP contribution in [0.4, 0.5) is 11.5 Å². The number of pyridine rings is 1. The minimum absolute atomic E-state index is 0.0758. The van der Waals surface area contributed by atoms with E-state index in [1.807, 2.05) is 18.2 Å². The van der Waals surface area contributed by atoms with Gasteiger partial charge in [0.1, 0.15) is 11.4 Å². The quantitative estimate of drug-likeness (QED) is 0.573. The Morgan fingerprint density at radius 1 is 1.03 bits per heavy atom. The van der Waals surface area contributed by atoms with E-state index in [1.165, 1.54) is 0 Å². The lowest BCUT2D eigenvalue weighted by molar-refractivity contribution is 0.0528. The molecular weight excluding hydrogens is 413 g/mol. The molecule has 150 valence electrons. The van der Waals surface area contributed by atoms with Crippen molar-refractivity contribution in [3.05, 3.63) is 63.6 Å². The Bertz CT molecular complexity index is 1080. The number of fused-ring (bicyclic) bond motifs is 1. The molecule has 0 bridgehead atoms. The number of aromatic nitrogens is 1.